The molecular formula is C9H18N4. The van der Waals surface area contributed by atoms with E-state index in [1.165, 1.54) is 0 Å². The Balaban J connectivity index is 2.75. The van der Waals surface area contributed by atoms with Crippen molar-refractivity contribution in [2.24, 2.45) is 0 Å². The monoisotopic (exact) mass is 182 g/mol. The van der Waals surface area contributed by atoms with Gasteiger partial charge in [0.05, 0.1) is 6.54 Å². The molecule has 4 nitrogen and oxygen atoms in total. The van der Waals surface area contributed by atoms with Gasteiger partial charge in [-0.3, -0.25) is 5.10 Å². The van der Waals surface area contributed by atoms with E-state index in [-0.39, 0.29) is 5.41 Å². The molecule has 1 aromatic heterocycles. The molecule has 1 rings (SSSR count). The molecule has 4 heteroatoms. The first-order chi connectivity index (χ1) is 5.89. The highest BCUT2D eigenvalue weighted by Crippen LogP contribution is 2.17. The van der Waals surface area contributed by atoms with Gasteiger partial charge in [0, 0.05) is 5.41 Å². The molecule has 0 aromatic carbocycles. The van der Waals surface area contributed by atoms with E-state index in [9.17, 15) is 0 Å². The van der Waals surface area contributed by atoms with Gasteiger partial charge in [0.1, 0.15) is 5.82 Å². The molecule has 0 saturated carbocycles. The lowest BCUT2D eigenvalue weighted by molar-refractivity contribution is 0.390. The summed E-state index contributed by atoms with van der Waals surface area (Å²) in [5.74, 6) is 1.80. The maximum atomic E-state index is 4.41. The van der Waals surface area contributed by atoms with Crippen LogP contribution in [0, 0.1) is 0 Å². The number of hydrogen-bond acceptors (Lipinski definition) is 3. The van der Waals surface area contributed by atoms with Crippen LogP contribution in [0.4, 0.5) is 0 Å². The van der Waals surface area contributed by atoms with Crippen LogP contribution in [-0.4, -0.2) is 34.2 Å². The zero-order chi connectivity index (χ0) is 10.1. The summed E-state index contributed by atoms with van der Waals surface area (Å²) >= 11 is 0. The third-order valence-corrected chi connectivity index (χ3v) is 1.67. The molecule has 1 heterocycles. The zero-order valence-electron chi connectivity index (χ0n) is 9.05. The van der Waals surface area contributed by atoms with Crippen molar-refractivity contribution in [1.82, 2.24) is 20.1 Å². The van der Waals surface area contributed by atoms with Crippen LogP contribution in [-0.2, 0) is 12.0 Å². The smallest absolute Gasteiger partial charge is 0.156 e. The summed E-state index contributed by atoms with van der Waals surface area (Å²) in [5.41, 5.74) is 0.0288. The average molecular weight is 182 g/mol. The molecule has 0 atom stereocenters. The Morgan fingerprint density at radius 1 is 1.31 bits per heavy atom. The van der Waals surface area contributed by atoms with Crippen molar-refractivity contribution in [3.63, 3.8) is 0 Å². The van der Waals surface area contributed by atoms with E-state index in [0.717, 1.165) is 18.2 Å². The van der Waals surface area contributed by atoms with Gasteiger partial charge in [-0.05, 0) is 14.1 Å². The van der Waals surface area contributed by atoms with Gasteiger partial charge < -0.3 is 4.90 Å². The predicted molar refractivity (Wildman–Crippen MR) is 52.5 cm³/mol. The van der Waals surface area contributed by atoms with Gasteiger partial charge in [-0.2, -0.15) is 5.10 Å². The second-order valence-electron chi connectivity index (χ2n) is 4.59. The molecular weight excluding hydrogens is 164 g/mol. The maximum Gasteiger partial charge on any atom is 0.156 e. The van der Waals surface area contributed by atoms with E-state index in [1.807, 2.05) is 14.1 Å². The molecule has 0 fully saturated rings. The highest BCUT2D eigenvalue weighted by Gasteiger charge is 2.19. The average Bonchev–Trinajstić information content (AvgIpc) is 2.32. The first kappa shape index (κ1) is 10.2. The third kappa shape index (κ3) is 2.81. The quantitative estimate of drug-likeness (QED) is 0.746. The number of nitrogens with one attached hydrogen (secondary N) is 1. The van der Waals surface area contributed by atoms with E-state index in [0.29, 0.717) is 0 Å². The molecule has 0 saturated heterocycles. The lowest BCUT2D eigenvalue weighted by atomic mass is 9.96. The largest absolute Gasteiger partial charge is 0.302 e. The molecule has 0 unspecified atom stereocenters. The number of hydrogen-bond donors (Lipinski definition) is 1. The maximum absolute atomic E-state index is 4.41. The minimum Gasteiger partial charge on any atom is -0.302 e. The van der Waals surface area contributed by atoms with Crippen molar-refractivity contribution < 1.29 is 0 Å². The summed E-state index contributed by atoms with van der Waals surface area (Å²) in [6.07, 6.45) is 0. The van der Waals surface area contributed by atoms with Crippen molar-refractivity contribution >= 4 is 0 Å². The predicted octanol–water partition coefficient (Wildman–Crippen LogP) is 1.16. The third-order valence-electron chi connectivity index (χ3n) is 1.67. The van der Waals surface area contributed by atoms with Gasteiger partial charge in [0.15, 0.2) is 5.82 Å². The summed E-state index contributed by atoms with van der Waals surface area (Å²) in [7, 11) is 4.03. The molecule has 1 N–H and O–H groups in total. The fourth-order valence-electron chi connectivity index (χ4n) is 1.00. The van der Waals surface area contributed by atoms with Crippen LogP contribution in [0.2, 0.25) is 0 Å². The van der Waals surface area contributed by atoms with Crippen LogP contribution in [0.15, 0.2) is 0 Å². The van der Waals surface area contributed by atoms with Gasteiger partial charge >= 0.3 is 0 Å². The fraction of sp³-hybridized carbons (Fsp3) is 0.778. The van der Waals surface area contributed by atoms with Gasteiger partial charge in [-0.25, -0.2) is 4.98 Å². The van der Waals surface area contributed by atoms with Crippen LogP contribution >= 0.6 is 0 Å². The highest BCUT2D eigenvalue weighted by atomic mass is 15.2. The standard InChI is InChI=1S/C9H18N4/c1-9(2,3)8-10-7(11-12-8)6-13(4)5/h6H2,1-5H3,(H,10,11,12). The lowest BCUT2D eigenvalue weighted by Gasteiger charge is -2.12. The molecule has 13 heavy (non-hydrogen) atoms. The number of H-pyrrole nitrogens is 1. The summed E-state index contributed by atoms with van der Waals surface area (Å²) in [6, 6.07) is 0. The van der Waals surface area contributed by atoms with Gasteiger partial charge in [-0.15, -0.1) is 0 Å². The van der Waals surface area contributed by atoms with Crippen molar-refractivity contribution in [3.8, 4) is 0 Å². The Labute approximate surface area is 79.4 Å². The lowest BCUT2D eigenvalue weighted by Crippen LogP contribution is -2.14. The van der Waals surface area contributed by atoms with E-state index >= 15 is 0 Å². The Morgan fingerprint density at radius 3 is 2.31 bits per heavy atom. The molecule has 1 aromatic rings. The normalized spacial score (nSPS) is 12.5. The van der Waals surface area contributed by atoms with Gasteiger partial charge in [0.2, 0.25) is 0 Å². The second-order valence-corrected chi connectivity index (χ2v) is 4.59. The molecule has 74 valence electrons. The molecule has 0 bridgehead atoms. The van der Waals surface area contributed by atoms with Gasteiger partial charge in [-0.1, -0.05) is 20.8 Å². The minimum atomic E-state index is 0.0288. The van der Waals surface area contributed by atoms with Crippen LogP contribution < -0.4 is 0 Å². The molecule has 0 amide bonds. The first-order valence-electron chi connectivity index (χ1n) is 4.46. The Kier molecular flexibility index (Phi) is 2.71. The van der Waals surface area contributed by atoms with E-state index < -0.39 is 0 Å². The van der Waals surface area contributed by atoms with Crippen molar-refractivity contribution in [2.45, 2.75) is 32.7 Å². The number of aromatic nitrogens is 3. The SMILES string of the molecule is CN(C)Cc1nc(C(C)(C)C)n[nH]1. The Bertz CT molecular complexity index is 269. The highest BCUT2D eigenvalue weighted by molar-refractivity contribution is 5.01. The molecule has 0 aliphatic heterocycles. The zero-order valence-corrected chi connectivity index (χ0v) is 9.05. The molecule has 0 aliphatic carbocycles. The van der Waals surface area contributed by atoms with Crippen LogP contribution in [0.5, 0.6) is 0 Å². The summed E-state index contributed by atoms with van der Waals surface area (Å²) in [5, 5.41) is 7.12. The summed E-state index contributed by atoms with van der Waals surface area (Å²) < 4.78 is 0. The van der Waals surface area contributed by atoms with Crippen molar-refractivity contribution in [2.75, 3.05) is 14.1 Å². The minimum absolute atomic E-state index is 0.0288. The first-order valence-corrected chi connectivity index (χ1v) is 4.46. The Hall–Kier alpha value is -0.900. The van der Waals surface area contributed by atoms with Crippen LogP contribution in [0.1, 0.15) is 32.4 Å². The number of nitrogens with zero attached hydrogens (tertiary/aromatic N) is 3. The number of rotatable bonds is 2. The fourth-order valence-corrected chi connectivity index (χ4v) is 1.00. The summed E-state index contributed by atoms with van der Waals surface area (Å²) in [6.45, 7) is 7.13. The summed E-state index contributed by atoms with van der Waals surface area (Å²) in [4.78, 5) is 6.48. The van der Waals surface area contributed by atoms with Gasteiger partial charge in [0.25, 0.3) is 0 Å². The van der Waals surface area contributed by atoms with Crippen LogP contribution in [0.3, 0.4) is 0 Å². The number of aromatic amines is 1. The topological polar surface area (TPSA) is 44.8 Å². The Morgan fingerprint density at radius 2 is 1.92 bits per heavy atom. The van der Waals surface area contributed by atoms with E-state index in [4.69, 9.17) is 0 Å². The van der Waals surface area contributed by atoms with E-state index in [1.54, 1.807) is 0 Å². The van der Waals surface area contributed by atoms with E-state index in [2.05, 4.69) is 40.9 Å². The van der Waals surface area contributed by atoms with Crippen molar-refractivity contribution in [1.29, 1.82) is 0 Å². The molecule has 0 aliphatic rings. The van der Waals surface area contributed by atoms with Crippen LogP contribution in [0.25, 0.3) is 0 Å². The second kappa shape index (κ2) is 3.46. The van der Waals surface area contributed by atoms with Crippen molar-refractivity contribution in [3.05, 3.63) is 11.6 Å². The molecule has 0 radical (unpaired) electrons. The molecule has 0 spiro atoms.